The van der Waals surface area contributed by atoms with E-state index in [1.54, 1.807) is 12.3 Å². The zero-order chi connectivity index (χ0) is 24.7. The van der Waals surface area contributed by atoms with Crippen LogP contribution in [0.4, 0.5) is 20.2 Å². The predicted molar refractivity (Wildman–Crippen MR) is 125 cm³/mol. The lowest BCUT2D eigenvalue weighted by Crippen LogP contribution is -2.49. The molecule has 3 aromatic rings. The Bertz CT molecular complexity index is 1280. The number of nitrogens with one attached hydrogen (secondary N) is 1. The number of fused-ring (bicyclic) bond motifs is 3. The lowest BCUT2D eigenvalue weighted by atomic mass is 9.94. The van der Waals surface area contributed by atoms with Gasteiger partial charge in [-0.15, -0.1) is 0 Å². The first-order valence-electron chi connectivity index (χ1n) is 11.4. The highest BCUT2D eigenvalue weighted by molar-refractivity contribution is 6.04. The second kappa shape index (κ2) is 8.94. The van der Waals surface area contributed by atoms with Crippen LogP contribution in [0, 0.1) is 6.92 Å². The van der Waals surface area contributed by atoms with Crippen LogP contribution in [-0.4, -0.2) is 51.8 Å². The number of hydrogen-bond acceptors (Lipinski definition) is 7. The van der Waals surface area contributed by atoms with Crippen molar-refractivity contribution in [1.82, 2.24) is 15.0 Å². The molecule has 0 saturated carbocycles. The van der Waals surface area contributed by atoms with E-state index >= 15 is 0 Å². The first-order valence-corrected chi connectivity index (χ1v) is 11.4. The highest BCUT2D eigenvalue weighted by atomic mass is 19.3. The third-order valence-corrected chi connectivity index (χ3v) is 6.37. The molecule has 35 heavy (non-hydrogen) atoms. The Morgan fingerprint density at radius 1 is 1.23 bits per heavy atom. The number of hydrogen-bond donors (Lipinski definition) is 2. The molecule has 3 aromatic heterocycles. The van der Waals surface area contributed by atoms with Gasteiger partial charge in [0.25, 0.3) is 11.8 Å². The number of aliphatic hydroxyl groups excluding tert-OH is 1. The van der Waals surface area contributed by atoms with Gasteiger partial charge in [-0.3, -0.25) is 19.7 Å². The first kappa shape index (κ1) is 23.3. The summed E-state index contributed by atoms with van der Waals surface area (Å²) in [5, 5.41) is 13.3. The summed E-state index contributed by atoms with van der Waals surface area (Å²) in [7, 11) is 0. The maximum atomic E-state index is 13.6. The largest absolute Gasteiger partial charge is 0.387 e. The van der Waals surface area contributed by atoms with Gasteiger partial charge in [-0.05, 0) is 31.2 Å². The van der Waals surface area contributed by atoms with Gasteiger partial charge in [0.05, 0.1) is 42.5 Å². The van der Waals surface area contributed by atoms with Crippen LogP contribution in [0.2, 0.25) is 0 Å². The fourth-order valence-electron chi connectivity index (χ4n) is 4.54. The highest BCUT2D eigenvalue weighted by Crippen LogP contribution is 2.39. The summed E-state index contributed by atoms with van der Waals surface area (Å²) in [6, 6.07) is 6.31. The van der Waals surface area contributed by atoms with E-state index < -0.39 is 23.6 Å². The summed E-state index contributed by atoms with van der Waals surface area (Å²) in [6.07, 6.45) is 4.31. The molecule has 0 radical (unpaired) electrons. The fraction of sp³-hybridized carbons (Fsp3) is 0.360. The monoisotopic (exact) mass is 481 g/mol. The molecule has 10 heteroatoms. The Labute approximate surface area is 201 Å². The van der Waals surface area contributed by atoms with Gasteiger partial charge in [0.2, 0.25) is 0 Å². The van der Waals surface area contributed by atoms with Crippen molar-refractivity contribution >= 4 is 17.3 Å². The molecule has 0 aromatic carbocycles. The van der Waals surface area contributed by atoms with Gasteiger partial charge < -0.3 is 20.1 Å². The van der Waals surface area contributed by atoms with Crippen LogP contribution in [0.1, 0.15) is 46.9 Å². The van der Waals surface area contributed by atoms with E-state index in [1.807, 2.05) is 13.0 Å². The van der Waals surface area contributed by atoms with Crippen LogP contribution in [0.15, 0.2) is 42.9 Å². The van der Waals surface area contributed by atoms with Crippen LogP contribution >= 0.6 is 0 Å². The first-order chi connectivity index (χ1) is 16.7. The number of rotatable bonds is 4. The molecule has 5 rings (SSSR count). The topological polar surface area (TPSA) is 100 Å². The molecule has 1 amide bonds. The smallest absolute Gasteiger partial charge is 0.286 e. The number of aryl methyl sites for hydroxylation is 1. The molecule has 8 nitrogen and oxygen atoms in total. The van der Waals surface area contributed by atoms with Gasteiger partial charge in [-0.1, -0.05) is 0 Å². The molecule has 182 valence electrons. The summed E-state index contributed by atoms with van der Waals surface area (Å²) in [5.41, 5.74) is 3.81. The number of ether oxygens (including phenoxy) is 1. The number of morpholine rings is 1. The molecular formula is C25H25F2N5O3. The number of amides is 1. The third kappa shape index (κ3) is 4.59. The molecule has 2 unspecified atom stereocenters. The van der Waals surface area contributed by atoms with Crippen LogP contribution in [0.5, 0.6) is 0 Å². The van der Waals surface area contributed by atoms with Crippen molar-refractivity contribution in [2.75, 3.05) is 30.0 Å². The van der Waals surface area contributed by atoms with E-state index in [-0.39, 0.29) is 11.6 Å². The van der Waals surface area contributed by atoms with Crippen molar-refractivity contribution in [3.05, 3.63) is 65.5 Å². The molecule has 2 aliphatic rings. The van der Waals surface area contributed by atoms with Crippen LogP contribution in [0.3, 0.4) is 0 Å². The van der Waals surface area contributed by atoms with Crippen LogP contribution < -0.4 is 10.2 Å². The van der Waals surface area contributed by atoms with Gasteiger partial charge in [0.1, 0.15) is 11.8 Å². The van der Waals surface area contributed by atoms with E-state index in [4.69, 9.17) is 4.74 Å². The van der Waals surface area contributed by atoms with E-state index in [9.17, 15) is 18.7 Å². The molecule has 0 bridgehead atoms. The van der Waals surface area contributed by atoms with E-state index in [1.165, 1.54) is 18.5 Å². The molecule has 1 fully saturated rings. The van der Waals surface area contributed by atoms with Crippen molar-refractivity contribution in [1.29, 1.82) is 0 Å². The Balaban J connectivity index is 1.44. The van der Waals surface area contributed by atoms with Gasteiger partial charge in [0, 0.05) is 54.7 Å². The van der Waals surface area contributed by atoms with Gasteiger partial charge in [-0.25, -0.2) is 0 Å². The summed E-state index contributed by atoms with van der Waals surface area (Å²) < 4.78 is 32.8. The number of nitrogens with zero attached hydrogens (tertiary/aromatic N) is 4. The summed E-state index contributed by atoms with van der Waals surface area (Å²) in [5.74, 6) is -3.70. The number of carbonyl (C=O) groups is 1. The quantitative estimate of drug-likeness (QED) is 0.584. The van der Waals surface area contributed by atoms with E-state index in [0.717, 1.165) is 35.5 Å². The number of aromatic nitrogens is 3. The Morgan fingerprint density at radius 3 is 2.86 bits per heavy atom. The SMILES string of the molecule is Cc1ncc(NC(=O)c2ccnc(C(C)(F)F)c2)cc1-c1cnc2c(c1)N1CCOCC1CC2O. The Hall–Kier alpha value is -3.50. The van der Waals surface area contributed by atoms with Gasteiger partial charge in [0.15, 0.2) is 0 Å². The lowest BCUT2D eigenvalue weighted by molar-refractivity contribution is 0.0127. The van der Waals surface area contributed by atoms with Crippen molar-refractivity contribution < 1.29 is 23.4 Å². The molecule has 0 spiro atoms. The van der Waals surface area contributed by atoms with Crippen molar-refractivity contribution in [3.63, 3.8) is 0 Å². The zero-order valence-corrected chi connectivity index (χ0v) is 19.3. The molecular weight excluding hydrogens is 456 g/mol. The second-order valence-electron chi connectivity index (χ2n) is 8.93. The van der Waals surface area contributed by atoms with Gasteiger partial charge in [-0.2, -0.15) is 8.78 Å². The minimum absolute atomic E-state index is 0.0708. The summed E-state index contributed by atoms with van der Waals surface area (Å²) in [4.78, 5) is 27.6. The molecule has 2 aliphatic heterocycles. The maximum absolute atomic E-state index is 13.6. The third-order valence-electron chi connectivity index (χ3n) is 6.37. The lowest BCUT2D eigenvalue weighted by Gasteiger charge is -2.43. The average Bonchev–Trinajstić information content (AvgIpc) is 2.84. The maximum Gasteiger partial charge on any atom is 0.286 e. The number of halogens is 2. The number of carbonyl (C=O) groups excluding carboxylic acids is 1. The standard InChI is InChI=1S/C25H25F2N5O3/c1-14-19(16-7-20-23(30-11-16)21(33)10-18-13-35-6-5-32(18)20)9-17(12-29-14)31-24(34)15-3-4-28-22(8-15)25(2,26)27/h3-4,7-9,11-12,18,21,33H,5-6,10,13H2,1-2H3,(H,31,34). The number of alkyl halides is 2. The zero-order valence-electron chi connectivity index (χ0n) is 19.3. The van der Waals surface area contributed by atoms with E-state index in [0.29, 0.717) is 37.6 Å². The number of aliphatic hydroxyl groups is 1. The predicted octanol–water partition coefficient (Wildman–Crippen LogP) is 3.85. The normalized spacial score (nSPS) is 19.6. The number of pyridine rings is 3. The minimum atomic E-state index is -3.15. The average molecular weight is 482 g/mol. The number of anilines is 2. The molecule has 0 aliphatic carbocycles. The fourth-order valence-corrected chi connectivity index (χ4v) is 4.54. The van der Waals surface area contributed by atoms with E-state index in [2.05, 4.69) is 25.2 Å². The highest BCUT2D eigenvalue weighted by Gasteiger charge is 2.35. The Kier molecular flexibility index (Phi) is 5.94. The van der Waals surface area contributed by atoms with Crippen molar-refractivity contribution in [2.24, 2.45) is 0 Å². The molecule has 2 N–H and O–H groups in total. The van der Waals surface area contributed by atoms with Crippen molar-refractivity contribution in [2.45, 2.75) is 38.3 Å². The molecule has 5 heterocycles. The molecule has 1 saturated heterocycles. The van der Waals surface area contributed by atoms with Crippen molar-refractivity contribution in [3.8, 4) is 11.1 Å². The second-order valence-corrected chi connectivity index (χ2v) is 8.93. The Morgan fingerprint density at radius 2 is 2.06 bits per heavy atom. The molecule has 2 atom stereocenters. The summed E-state index contributed by atoms with van der Waals surface area (Å²) in [6.45, 7) is 4.47. The van der Waals surface area contributed by atoms with Crippen LogP contribution in [0.25, 0.3) is 11.1 Å². The minimum Gasteiger partial charge on any atom is -0.387 e. The summed E-state index contributed by atoms with van der Waals surface area (Å²) >= 11 is 0. The van der Waals surface area contributed by atoms with Crippen LogP contribution in [-0.2, 0) is 10.7 Å². The van der Waals surface area contributed by atoms with Gasteiger partial charge >= 0.3 is 0 Å².